The van der Waals surface area contributed by atoms with Gasteiger partial charge in [0.25, 0.3) is 5.91 Å². The van der Waals surface area contributed by atoms with E-state index in [9.17, 15) is 23.5 Å². The van der Waals surface area contributed by atoms with Crippen LogP contribution >= 0.6 is 0 Å². The van der Waals surface area contributed by atoms with Gasteiger partial charge in [-0.05, 0) is 37.6 Å². The molecule has 2 aromatic heterocycles. The van der Waals surface area contributed by atoms with Crippen LogP contribution in [-0.2, 0) is 11.4 Å². The minimum Gasteiger partial charge on any atom is -0.485 e. The number of nitrogens with one attached hydrogen (secondary N) is 1. The number of carboxylic acid groups (broad SMARTS) is 1. The van der Waals surface area contributed by atoms with Gasteiger partial charge in [0, 0.05) is 6.20 Å². The largest absolute Gasteiger partial charge is 0.485 e. The molecule has 9 heteroatoms. The Kier molecular flexibility index (Phi) is 6.84. The number of rotatable bonds is 9. The van der Waals surface area contributed by atoms with Crippen molar-refractivity contribution in [1.82, 2.24) is 14.7 Å². The van der Waals surface area contributed by atoms with Gasteiger partial charge < -0.3 is 15.2 Å². The summed E-state index contributed by atoms with van der Waals surface area (Å²) in [7, 11) is 0. The maximum Gasteiger partial charge on any atom is 0.326 e. The minimum absolute atomic E-state index is 0.167. The molecule has 2 N–H and O–H groups in total. The molecule has 0 unspecified atom stereocenters. The second-order valence-corrected chi connectivity index (χ2v) is 7.11. The predicted molar refractivity (Wildman–Crippen MR) is 109 cm³/mol. The lowest BCUT2D eigenvalue weighted by atomic mass is 10.1. The standard InChI is InChI=1S/C22H23F2N3O4/c1-3-4-9-17(22(29)30)26-21(28)19-13(2)25-20-18(10-6-11-27(19)20)31-12-14-15(23)7-5-8-16(14)24/h5-8,10-11,17H,3-4,9,12H2,1-2H3,(H,26,28)(H,29,30)/t17-/m1/s1. The van der Waals surface area contributed by atoms with Crippen molar-refractivity contribution in [1.29, 1.82) is 0 Å². The number of ether oxygens (including phenoxy) is 1. The molecule has 2 heterocycles. The number of hydrogen-bond acceptors (Lipinski definition) is 4. The number of carbonyl (C=O) groups excluding carboxylic acids is 1. The third-order valence-corrected chi connectivity index (χ3v) is 4.89. The van der Waals surface area contributed by atoms with Gasteiger partial charge in [-0.1, -0.05) is 25.8 Å². The summed E-state index contributed by atoms with van der Waals surface area (Å²) in [5.41, 5.74) is 0.596. The molecule has 7 nitrogen and oxygen atoms in total. The molecule has 0 saturated heterocycles. The Bertz CT molecular complexity index is 1090. The Hall–Kier alpha value is -3.49. The summed E-state index contributed by atoms with van der Waals surface area (Å²) in [4.78, 5) is 28.6. The van der Waals surface area contributed by atoms with E-state index in [4.69, 9.17) is 4.74 Å². The summed E-state index contributed by atoms with van der Waals surface area (Å²) in [6.45, 7) is 3.19. The summed E-state index contributed by atoms with van der Waals surface area (Å²) >= 11 is 0. The number of amides is 1. The first kappa shape index (κ1) is 22.2. The van der Waals surface area contributed by atoms with E-state index < -0.39 is 29.6 Å². The summed E-state index contributed by atoms with van der Waals surface area (Å²) in [6.07, 6.45) is 3.37. The first-order valence-corrected chi connectivity index (χ1v) is 9.90. The van der Waals surface area contributed by atoms with Crippen LogP contribution in [0.4, 0.5) is 8.78 Å². The maximum absolute atomic E-state index is 13.9. The van der Waals surface area contributed by atoms with E-state index in [2.05, 4.69) is 10.3 Å². The van der Waals surface area contributed by atoms with Crippen molar-refractivity contribution in [2.24, 2.45) is 0 Å². The van der Waals surface area contributed by atoms with Crippen LogP contribution in [0.1, 0.15) is 47.9 Å². The van der Waals surface area contributed by atoms with E-state index in [1.54, 1.807) is 25.3 Å². The molecule has 0 radical (unpaired) electrons. The highest BCUT2D eigenvalue weighted by atomic mass is 19.1. The molecular formula is C22H23F2N3O4. The second kappa shape index (κ2) is 9.55. The van der Waals surface area contributed by atoms with Gasteiger partial charge in [-0.15, -0.1) is 0 Å². The normalized spacial score (nSPS) is 12.0. The number of hydrogen-bond donors (Lipinski definition) is 2. The fourth-order valence-electron chi connectivity index (χ4n) is 3.25. The van der Waals surface area contributed by atoms with Gasteiger partial charge in [0.1, 0.15) is 30.0 Å². The van der Waals surface area contributed by atoms with Crippen LogP contribution in [0.15, 0.2) is 36.5 Å². The summed E-state index contributed by atoms with van der Waals surface area (Å²) in [5, 5.41) is 11.9. The lowest BCUT2D eigenvalue weighted by molar-refractivity contribution is -0.139. The summed E-state index contributed by atoms with van der Waals surface area (Å²) in [5.74, 6) is -2.90. The zero-order chi connectivity index (χ0) is 22.5. The van der Waals surface area contributed by atoms with E-state index in [1.807, 2.05) is 6.92 Å². The highest BCUT2D eigenvalue weighted by Crippen LogP contribution is 2.24. The number of halogens is 2. The molecule has 0 saturated carbocycles. The molecule has 0 aliphatic rings. The summed E-state index contributed by atoms with van der Waals surface area (Å²) in [6, 6.07) is 5.71. The van der Waals surface area contributed by atoms with Crippen LogP contribution in [0.3, 0.4) is 0 Å². The molecule has 3 aromatic rings. The van der Waals surface area contributed by atoms with E-state index in [-0.39, 0.29) is 29.3 Å². The van der Waals surface area contributed by atoms with Crippen LogP contribution in [0, 0.1) is 18.6 Å². The number of benzene rings is 1. The van der Waals surface area contributed by atoms with Gasteiger partial charge in [0.05, 0.1) is 11.3 Å². The van der Waals surface area contributed by atoms with Crippen LogP contribution in [0.5, 0.6) is 5.75 Å². The Morgan fingerprint density at radius 1 is 1.23 bits per heavy atom. The van der Waals surface area contributed by atoms with Crippen LogP contribution < -0.4 is 10.1 Å². The molecule has 1 atom stereocenters. The van der Waals surface area contributed by atoms with Crippen molar-refractivity contribution in [2.45, 2.75) is 45.8 Å². The first-order chi connectivity index (χ1) is 14.8. The van der Waals surface area contributed by atoms with Crippen molar-refractivity contribution in [3.05, 3.63) is 65.1 Å². The number of carbonyl (C=O) groups is 2. The monoisotopic (exact) mass is 431 g/mol. The average molecular weight is 431 g/mol. The third kappa shape index (κ3) is 4.82. The van der Waals surface area contributed by atoms with E-state index in [0.717, 1.165) is 18.6 Å². The second-order valence-electron chi connectivity index (χ2n) is 7.11. The number of aromatic nitrogens is 2. The zero-order valence-electron chi connectivity index (χ0n) is 17.2. The molecular weight excluding hydrogens is 408 g/mol. The molecule has 164 valence electrons. The summed E-state index contributed by atoms with van der Waals surface area (Å²) < 4.78 is 34.8. The Labute approximate surface area is 177 Å². The molecule has 0 bridgehead atoms. The van der Waals surface area contributed by atoms with Gasteiger partial charge in [-0.2, -0.15) is 0 Å². The Morgan fingerprint density at radius 3 is 2.58 bits per heavy atom. The highest BCUT2D eigenvalue weighted by Gasteiger charge is 2.24. The topological polar surface area (TPSA) is 92.9 Å². The van der Waals surface area contributed by atoms with Crippen molar-refractivity contribution >= 4 is 17.5 Å². The molecule has 0 spiro atoms. The molecule has 0 fully saturated rings. The SMILES string of the molecule is CCCC[C@@H](NC(=O)c1c(C)nc2c(OCc3c(F)cccc3F)cccn12)C(=O)O. The van der Waals surface area contributed by atoms with Crippen molar-refractivity contribution in [3.8, 4) is 5.75 Å². The average Bonchev–Trinajstić information content (AvgIpc) is 3.07. The lowest BCUT2D eigenvalue weighted by Gasteiger charge is -2.14. The number of carboxylic acids is 1. The van der Waals surface area contributed by atoms with Crippen molar-refractivity contribution < 1.29 is 28.2 Å². The number of fused-ring (bicyclic) bond motifs is 1. The number of imidazole rings is 1. The number of aliphatic carboxylic acids is 1. The van der Waals surface area contributed by atoms with Gasteiger partial charge in [-0.25, -0.2) is 18.6 Å². The van der Waals surface area contributed by atoms with E-state index in [1.165, 1.54) is 10.5 Å². The van der Waals surface area contributed by atoms with Gasteiger partial charge in [0.15, 0.2) is 11.4 Å². The van der Waals surface area contributed by atoms with Gasteiger partial charge in [0.2, 0.25) is 0 Å². The number of nitrogens with zero attached hydrogens (tertiary/aromatic N) is 2. The zero-order valence-corrected chi connectivity index (χ0v) is 17.2. The molecule has 31 heavy (non-hydrogen) atoms. The molecule has 0 aliphatic carbocycles. The van der Waals surface area contributed by atoms with E-state index >= 15 is 0 Å². The van der Waals surface area contributed by atoms with Crippen molar-refractivity contribution in [3.63, 3.8) is 0 Å². The number of aryl methyl sites for hydroxylation is 1. The van der Waals surface area contributed by atoms with Gasteiger partial charge in [-0.3, -0.25) is 9.20 Å². The molecule has 3 rings (SSSR count). The highest BCUT2D eigenvalue weighted by molar-refractivity contribution is 5.97. The number of pyridine rings is 1. The van der Waals surface area contributed by atoms with Crippen LogP contribution in [0.2, 0.25) is 0 Å². The Balaban J connectivity index is 1.87. The lowest BCUT2D eigenvalue weighted by Crippen LogP contribution is -2.41. The van der Waals surface area contributed by atoms with Crippen LogP contribution in [-0.4, -0.2) is 32.4 Å². The fourth-order valence-corrected chi connectivity index (χ4v) is 3.25. The van der Waals surface area contributed by atoms with E-state index in [0.29, 0.717) is 18.5 Å². The Morgan fingerprint density at radius 2 is 1.94 bits per heavy atom. The molecule has 1 aromatic carbocycles. The molecule has 0 aliphatic heterocycles. The van der Waals surface area contributed by atoms with Crippen molar-refractivity contribution in [2.75, 3.05) is 0 Å². The smallest absolute Gasteiger partial charge is 0.326 e. The molecule has 1 amide bonds. The minimum atomic E-state index is -1.11. The maximum atomic E-state index is 13.9. The van der Waals surface area contributed by atoms with Crippen LogP contribution in [0.25, 0.3) is 5.65 Å². The fraction of sp³-hybridized carbons (Fsp3) is 0.318. The third-order valence-electron chi connectivity index (χ3n) is 4.89. The predicted octanol–water partition coefficient (Wildman–Crippen LogP) is 3.87. The van der Waals surface area contributed by atoms with Gasteiger partial charge >= 0.3 is 5.97 Å². The quantitative estimate of drug-likeness (QED) is 0.537. The number of unbranched alkanes of at least 4 members (excludes halogenated alkanes) is 1. The first-order valence-electron chi connectivity index (χ1n) is 9.90.